The minimum atomic E-state index is 0.763. The van der Waals surface area contributed by atoms with Gasteiger partial charge in [0.1, 0.15) is 11.4 Å². The molecule has 0 aliphatic rings. The first kappa shape index (κ1) is 9.64. The lowest BCUT2D eigenvalue weighted by Crippen LogP contribution is -2.04. The van der Waals surface area contributed by atoms with Gasteiger partial charge in [0, 0.05) is 6.42 Å². The monoisotopic (exact) mass is 204 g/mol. The Bertz CT molecular complexity index is 452. The molecule has 2 rings (SSSR count). The fourth-order valence-corrected chi connectivity index (χ4v) is 1.42. The highest BCUT2D eigenvalue weighted by atomic mass is 16.5. The quantitative estimate of drug-likeness (QED) is 0.754. The maximum Gasteiger partial charge on any atom is 0.156 e. The number of ether oxygens (including phenoxy) is 1. The molecule has 5 nitrogen and oxygen atoms in total. The minimum Gasteiger partial charge on any atom is -0.494 e. The van der Waals surface area contributed by atoms with E-state index in [4.69, 9.17) is 4.74 Å². The molecule has 1 aromatic heterocycles. The number of benzene rings is 1. The number of tetrazole rings is 1. The molecule has 0 saturated carbocycles. The van der Waals surface area contributed by atoms with Crippen LogP contribution in [0.15, 0.2) is 24.3 Å². The summed E-state index contributed by atoms with van der Waals surface area (Å²) in [5, 5.41) is 11.5. The third kappa shape index (κ3) is 1.68. The maximum atomic E-state index is 5.25. The molecule has 0 saturated heterocycles. The Balaban J connectivity index is 2.53. The van der Waals surface area contributed by atoms with Crippen LogP contribution in [0.25, 0.3) is 5.69 Å². The minimum absolute atomic E-state index is 0.763. The van der Waals surface area contributed by atoms with Crippen molar-refractivity contribution in [2.45, 2.75) is 13.3 Å². The summed E-state index contributed by atoms with van der Waals surface area (Å²) in [6.45, 7) is 2.01. The van der Waals surface area contributed by atoms with Gasteiger partial charge in [0.15, 0.2) is 5.82 Å². The highest BCUT2D eigenvalue weighted by Crippen LogP contribution is 2.21. The molecule has 2 aromatic rings. The lowest BCUT2D eigenvalue weighted by Gasteiger charge is -2.07. The van der Waals surface area contributed by atoms with Crippen LogP contribution in [0.2, 0.25) is 0 Å². The molecule has 0 bridgehead atoms. The van der Waals surface area contributed by atoms with Gasteiger partial charge in [-0.3, -0.25) is 0 Å². The summed E-state index contributed by atoms with van der Waals surface area (Å²) in [7, 11) is 1.63. The molecule has 0 aliphatic carbocycles. The number of nitrogens with zero attached hydrogens (tertiary/aromatic N) is 4. The predicted octanol–water partition coefficient (Wildman–Crippen LogP) is 1.23. The van der Waals surface area contributed by atoms with Crippen LogP contribution in [0, 0.1) is 0 Å². The van der Waals surface area contributed by atoms with Gasteiger partial charge < -0.3 is 4.74 Å². The normalized spacial score (nSPS) is 10.3. The summed E-state index contributed by atoms with van der Waals surface area (Å²) in [5.41, 5.74) is 0.863. The first-order valence-corrected chi connectivity index (χ1v) is 4.77. The summed E-state index contributed by atoms with van der Waals surface area (Å²) in [4.78, 5) is 0. The van der Waals surface area contributed by atoms with Gasteiger partial charge >= 0.3 is 0 Å². The maximum absolute atomic E-state index is 5.25. The molecule has 0 unspecified atom stereocenters. The Morgan fingerprint density at radius 1 is 1.33 bits per heavy atom. The first-order chi connectivity index (χ1) is 7.36. The average molecular weight is 204 g/mol. The van der Waals surface area contributed by atoms with Crippen molar-refractivity contribution in [1.29, 1.82) is 0 Å². The molecule has 0 radical (unpaired) electrons. The second-order valence-corrected chi connectivity index (χ2v) is 3.03. The predicted molar refractivity (Wildman–Crippen MR) is 55.1 cm³/mol. The van der Waals surface area contributed by atoms with E-state index in [0.29, 0.717) is 0 Å². The molecule has 0 atom stereocenters. The van der Waals surface area contributed by atoms with Gasteiger partial charge in [-0.05, 0) is 22.6 Å². The molecule has 0 N–H and O–H groups in total. The fourth-order valence-electron chi connectivity index (χ4n) is 1.42. The van der Waals surface area contributed by atoms with Crippen molar-refractivity contribution in [2.24, 2.45) is 0 Å². The summed E-state index contributed by atoms with van der Waals surface area (Å²) in [6.07, 6.45) is 0.783. The van der Waals surface area contributed by atoms with Crippen LogP contribution in [0.1, 0.15) is 12.7 Å². The highest BCUT2D eigenvalue weighted by Gasteiger charge is 2.09. The van der Waals surface area contributed by atoms with Gasteiger partial charge in [-0.15, -0.1) is 5.10 Å². The SMILES string of the molecule is CCc1nnnn1-c1ccccc1OC. The van der Waals surface area contributed by atoms with E-state index in [1.165, 1.54) is 0 Å². The summed E-state index contributed by atoms with van der Waals surface area (Å²) in [5.74, 6) is 1.58. The lowest BCUT2D eigenvalue weighted by molar-refractivity contribution is 0.411. The van der Waals surface area contributed by atoms with Gasteiger partial charge in [0.25, 0.3) is 0 Å². The number of rotatable bonds is 3. The van der Waals surface area contributed by atoms with Crippen molar-refractivity contribution in [1.82, 2.24) is 20.2 Å². The molecule has 78 valence electrons. The van der Waals surface area contributed by atoms with Crippen LogP contribution in [-0.2, 0) is 6.42 Å². The topological polar surface area (TPSA) is 52.8 Å². The van der Waals surface area contributed by atoms with Crippen LogP contribution >= 0.6 is 0 Å². The molecule has 0 aliphatic heterocycles. The van der Waals surface area contributed by atoms with E-state index >= 15 is 0 Å². The smallest absolute Gasteiger partial charge is 0.156 e. The number of para-hydroxylation sites is 2. The number of hydrogen-bond donors (Lipinski definition) is 0. The van der Waals surface area contributed by atoms with Crippen LogP contribution in [-0.4, -0.2) is 27.3 Å². The van der Waals surface area contributed by atoms with E-state index in [9.17, 15) is 0 Å². The van der Waals surface area contributed by atoms with E-state index in [-0.39, 0.29) is 0 Å². The Morgan fingerprint density at radius 2 is 2.13 bits per heavy atom. The zero-order valence-electron chi connectivity index (χ0n) is 8.71. The largest absolute Gasteiger partial charge is 0.494 e. The summed E-state index contributed by atoms with van der Waals surface area (Å²) in [6, 6.07) is 7.65. The molecule has 15 heavy (non-hydrogen) atoms. The third-order valence-corrected chi connectivity index (χ3v) is 2.16. The summed E-state index contributed by atoms with van der Waals surface area (Å²) >= 11 is 0. The van der Waals surface area contributed by atoms with E-state index in [1.807, 2.05) is 31.2 Å². The average Bonchev–Trinajstić information content (AvgIpc) is 2.76. The van der Waals surface area contributed by atoms with Crippen LogP contribution in [0.5, 0.6) is 5.75 Å². The van der Waals surface area contributed by atoms with E-state index < -0.39 is 0 Å². The molecular formula is C10H12N4O. The lowest BCUT2D eigenvalue weighted by atomic mass is 10.3. The second-order valence-electron chi connectivity index (χ2n) is 3.03. The van der Waals surface area contributed by atoms with Gasteiger partial charge in [-0.2, -0.15) is 4.68 Å². The zero-order chi connectivity index (χ0) is 10.7. The Labute approximate surface area is 87.7 Å². The van der Waals surface area contributed by atoms with Crippen LogP contribution in [0.3, 0.4) is 0 Å². The molecule has 0 amide bonds. The van der Waals surface area contributed by atoms with Crippen molar-refractivity contribution in [3.8, 4) is 11.4 Å². The number of aryl methyl sites for hydroxylation is 1. The standard InChI is InChI=1S/C10H12N4O/c1-3-10-11-12-13-14(10)8-6-4-5-7-9(8)15-2/h4-7H,3H2,1-2H3. The van der Waals surface area contributed by atoms with Crippen molar-refractivity contribution in [3.05, 3.63) is 30.1 Å². The molecule has 0 fully saturated rings. The molecular weight excluding hydrogens is 192 g/mol. The Kier molecular flexibility index (Phi) is 2.62. The van der Waals surface area contributed by atoms with E-state index in [2.05, 4.69) is 15.5 Å². The van der Waals surface area contributed by atoms with Gasteiger partial charge in [0.05, 0.1) is 7.11 Å². The zero-order valence-corrected chi connectivity index (χ0v) is 8.71. The van der Waals surface area contributed by atoms with Crippen molar-refractivity contribution < 1.29 is 4.74 Å². The number of aromatic nitrogens is 4. The molecule has 1 heterocycles. The Morgan fingerprint density at radius 3 is 2.87 bits per heavy atom. The van der Waals surface area contributed by atoms with Gasteiger partial charge in [-0.1, -0.05) is 19.1 Å². The fraction of sp³-hybridized carbons (Fsp3) is 0.300. The second kappa shape index (κ2) is 4.08. The first-order valence-electron chi connectivity index (χ1n) is 4.77. The van der Waals surface area contributed by atoms with Crippen LogP contribution < -0.4 is 4.74 Å². The molecule has 5 heteroatoms. The molecule has 1 aromatic carbocycles. The highest BCUT2D eigenvalue weighted by molar-refractivity contribution is 5.45. The summed E-state index contributed by atoms with van der Waals surface area (Å²) < 4.78 is 6.95. The number of methoxy groups -OCH3 is 1. The van der Waals surface area contributed by atoms with Crippen molar-refractivity contribution >= 4 is 0 Å². The van der Waals surface area contributed by atoms with Gasteiger partial charge in [-0.25, -0.2) is 0 Å². The van der Waals surface area contributed by atoms with Crippen molar-refractivity contribution in [2.75, 3.05) is 7.11 Å². The van der Waals surface area contributed by atoms with E-state index in [1.54, 1.807) is 11.8 Å². The number of hydrogen-bond acceptors (Lipinski definition) is 4. The van der Waals surface area contributed by atoms with Crippen LogP contribution in [0.4, 0.5) is 0 Å². The molecule has 0 spiro atoms. The Hall–Kier alpha value is -1.91. The van der Waals surface area contributed by atoms with Gasteiger partial charge in [0.2, 0.25) is 0 Å². The van der Waals surface area contributed by atoms with Crippen molar-refractivity contribution in [3.63, 3.8) is 0 Å². The third-order valence-electron chi connectivity index (χ3n) is 2.16. The van der Waals surface area contributed by atoms with E-state index in [0.717, 1.165) is 23.7 Å².